The minimum atomic E-state index is 0.143. The highest BCUT2D eigenvalue weighted by atomic mass is 16.5. The van der Waals surface area contributed by atoms with Gasteiger partial charge in [0, 0.05) is 18.7 Å². The number of ether oxygens (including phenoxy) is 1. The Balaban J connectivity index is 2.27. The zero-order chi connectivity index (χ0) is 9.03. The molecule has 0 bridgehead atoms. The van der Waals surface area contributed by atoms with Gasteiger partial charge >= 0.3 is 0 Å². The fourth-order valence-electron chi connectivity index (χ4n) is 2.03. The maximum absolute atomic E-state index is 5.15. The van der Waals surface area contributed by atoms with Crippen LogP contribution in [0.15, 0.2) is 0 Å². The van der Waals surface area contributed by atoms with E-state index in [4.69, 9.17) is 4.74 Å². The Hall–Kier alpha value is -0.0800. The molecule has 0 saturated heterocycles. The molecule has 0 aromatic carbocycles. The molecular formula is C10H21NO. The Morgan fingerprint density at radius 2 is 1.92 bits per heavy atom. The van der Waals surface area contributed by atoms with Crippen molar-refractivity contribution >= 4 is 0 Å². The van der Waals surface area contributed by atoms with E-state index in [0.29, 0.717) is 0 Å². The van der Waals surface area contributed by atoms with Gasteiger partial charge in [-0.25, -0.2) is 0 Å². The van der Waals surface area contributed by atoms with E-state index in [0.717, 1.165) is 12.6 Å². The predicted octanol–water partition coefficient (Wildman–Crippen LogP) is 1.94. The molecule has 0 amide bonds. The number of methoxy groups -OCH3 is 1. The van der Waals surface area contributed by atoms with E-state index >= 15 is 0 Å². The SMILES string of the molecule is COCC(C)(C)NC1CCCC1. The molecule has 0 aliphatic heterocycles. The Labute approximate surface area is 75.7 Å². The van der Waals surface area contributed by atoms with E-state index in [1.165, 1.54) is 25.7 Å². The van der Waals surface area contributed by atoms with Crippen LogP contribution >= 0.6 is 0 Å². The van der Waals surface area contributed by atoms with Gasteiger partial charge in [0.15, 0.2) is 0 Å². The molecule has 1 saturated carbocycles. The third-order valence-corrected chi connectivity index (χ3v) is 2.46. The van der Waals surface area contributed by atoms with Gasteiger partial charge in [0.25, 0.3) is 0 Å². The first-order valence-corrected chi connectivity index (χ1v) is 4.91. The Bertz CT molecular complexity index is 128. The van der Waals surface area contributed by atoms with Gasteiger partial charge in [-0.15, -0.1) is 0 Å². The molecule has 0 radical (unpaired) electrons. The molecule has 72 valence electrons. The van der Waals surface area contributed by atoms with Crippen LogP contribution in [0.1, 0.15) is 39.5 Å². The molecule has 12 heavy (non-hydrogen) atoms. The van der Waals surface area contributed by atoms with Crippen molar-refractivity contribution in [2.75, 3.05) is 13.7 Å². The molecule has 1 rings (SSSR count). The summed E-state index contributed by atoms with van der Waals surface area (Å²) in [6.07, 6.45) is 5.46. The summed E-state index contributed by atoms with van der Waals surface area (Å²) >= 11 is 0. The largest absolute Gasteiger partial charge is 0.383 e. The van der Waals surface area contributed by atoms with Crippen LogP contribution in [0.2, 0.25) is 0 Å². The van der Waals surface area contributed by atoms with Crippen LogP contribution in [-0.2, 0) is 4.74 Å². The predicted molar refractivity (Wildman–Crippen MR) is 51.3 cm³/mol. The lowest BCUT2D eigenvalue weighted by molar-refractivity contribution is 0.121. The molecule has 0 aromatic rings. The number of hydrogen-bond donors (Lipinski definition) is 1. The van der Waals surface area contributed by atoms with Gasteiger partial charge in [-0.05, 0) is 26.7 Å². The third kappa shape index (κ3) is 3.11. The first-order chi connectivity index (χ1) is 5.64. The standard InChI is InChI=1S/C10H21NO/c1-10(2,8-12-3)11-9-6-4-5-7-9/h9,11H,4-8H2,1-3H3. The summed E-state index contributed by atoms with van der Waals surface area (Å²) in [5, 5.41) is 3.63. The van der Waals surface area contributed by atoms with Gasteiger partial charge in [-0.2, -0.15) is 0 Å². The lowest BCUT2D eigenvalue weighted by Gasteiger charge is -2.29. The van der Waals surface area contributed by atoms with E-state index in [9.17, 15) is 0 Å². The molecule has 1 aliphatic rings. The number of nitrogens with one attached hydrogen (secondary N) is 1. The Morgan fingerprint density at radius 3 is 2.42 bits per heavy atom. The minimum Gasteiger partial charge on any atom is -0.383 e. The first kappa shape index (κ1) is 10.0. The van der Waals surface area contributed by atoms with Crippen molar-refractivity contribution < 1.29 is 4.74 Å². The molecule has 2 heteroatoms. The summed E-state index contributed by atoms with van der Waals surface area (Å²) in [6.45, 7) is 5.20. The topological polar surface area (TPSA) is 21.3 Å². The molecule has 0 atom stereocenters. The lowest BCUT2D eigenvalue weighted by atomic mass is 10.0. The Morgan fingerprint density at radius 1 is 1.33 bits per heavy atom. The van der Waals surface area contributed by atoms with Crippen molar-refractivity contribution in [1.29, 1.82) is 0 Å². The van der Waals surface area contributed by atoms with Crippen LogP contribution < -0.4 is 5.32 Å². The number of rotatable bonds is 4. The quantitative estimate of drug-likeness (QED) is 0.698. The molecule has 0 heterocycles. The van der Waals surface area contributed by atoms with Crippen LogP contribution in [0.4, 0.5) is 0 Å². The molecular weight excluding hydrogens is 150 g/mol. The van der Waals surface area contributed by atoms with Crippen molar-refractivity contribution in [3.63, 3.8) is 0 Å². The van der Waals surface area contributed by atoms with E-state index in [2.05, 4.69) is 19.2 Å². The summed E-state index contributed by atoms with van der Waals surface area (Å²) < 4.78 is 5.15. The van der Waals surface area contributed by atoms with Crippen LogP contribution in [0.25, 0.3) is 0 Å². The van der Waals surface area contributed by atoms with Crippen molar-refractivity contribution in [1.82, 2.24) is 5.32 Å². The zero-order valence-electron chi connectivity index (χ0n) is 8.52. The van der Waals surface area contributed by atoms with Crippen molar-refractivity contribution in [2.45, 2.75) is 51.1 Å². The van der Waals surface area contributed by atoms with Crippen molar-refractivity contribution in [2.24, 2.45) is 0 Å². The number of hydrogen-bond acceptors (Lipinski definition) is 2. The lowest BCUT2D eigenvalue weighted by Crippen LogP contribution is -2.48. The van der Waals surface area contributed by atoms with Crippen molar-refractivity contribution in [3.8, 4) is 0 Å². The maximum Gasteiger partial charge on any atom is 0.0639 e. The van der Waals surface area contributed by atoms with Gasteiger partial charge in [-0.1, -0.05) is 12.8 Å². The fraction of sp³-hybridized carbons (Fsp3) is 1.00. The summed E-state index contributed by atoms with van der Waals surface area (Å²) in [5.41, 5.74) is 0.143. The first-order valence-electron chi connectivity index (χ1n) is 4.91. The minimum absolute atomic E-state index is 0.143. The molecule has 1 fully saturated rings. The summed E-state index contributed by atoms with van der Waals surface area (Å²) in [7, 11) is 1.76. The Kier molecular flexibility index (Phi) is 3.53. The van der Waals surface area contributed by atoms with Gasteiger partial charge in [0.05, 0.1) is 6.61 Å². The second-order valence-corrected chi connectivity index (χ2v) is 4.44. The highest BCUT2D eigenvalue weighted by Crippen LogP contribution is 2.20. The third-order valence-electron chi connectivity index (χ3n) is 2.46. The van der Waals surface area contributed by atoms with E-state index in [1.54, 1.807) is 7.11 Å². The molecule has 1 N–H and O–H groups in total. The van der Waals surface area contributed by atoms with E-state index < -0.39 is 0 Å². The van der Waals surface area contributed by atoms with E-state index in [1.807, 2.05) is 0 Å². The van der Waals surface area contributed by atoms with Gasteiger partial charge < -0.3 is 10.1 Å². The molecule has 0 unspecified atom stereocenters. The normalized spacial score (nSPS) is 20.2. The summed E-state index contributed by atoms with van der Waals surface area (Å²) in [5.74, 6) is 0. The monoisotopic (exact) mass is 171 g/mol. The average molecular weight is 171 g/mol. The second kappa shape index (κ2) is 4.24. The summed E-state index contributed by atoms with van der Waals surface area (Å²) in [6, 6.07) is 0.732. The highest BCUT2D eigenvalue weighted by molar-refractivity contribution is 4.84. The molecule has 0 spiro atoms. The van der Waals surface area contributed by atoms with Gasteiger partial charge in [-0.3, -0.25) is 0 Å². The molecule has 1 aliphatic carbocycles. The molecule has 0 aromatic heterocycles. The van der Waals surface area contributed by atoms with Crippen LogP contribution in [0.3, 0.4) is 0 Å². The second-order valence-electron chi connectivity index (χ2n) is 4.44. The fourth-order valence-corrected chi connectivity index (χ4v) is 2.03. The van der Waals surface area contributed by atoms with Gasteiger partial charge in [0.1, 0.15) is 0 Å². The highest BCUT2D eigenvalue weighted by Gasteiger charge is 2.23. The smallest absolute Gasteiger partial charge is 0.0639 e. The molecule has 2 nitrogen and oxygen atoms in total. The van der Waals surface area contributed by atoms with Gasteiger partial charge in [0.2, 0.25) is 0 Å². The van der Waals surface area contributed by atoms with Crippen LogP contribution in [0, 0.1) is 0 Å². The maximum atomic E-state index is 5.15. The average Bonchev–Trinajstić information content (AvgIpc) is 2.38. The van der Waals surface area contributed by atoms with Crippen LogP contribution in [0.5, 0.6) is 0 Å². The zero-order valence-corrected chi connectivity index (χ0v) is 8.52. The van der Waals surface area contributed by atoms with E-state index in [-0.39, 0.29) is 5.54 Å². The van der Waals surface area contributed by atoms with Crippen molar-refractivity contribution in [3.05, 3.63) is 0 Å². The summed E-state index contributed by atoms with van der Waals surface area (Å²) in [4.78, 5) is 0. The van der Waals surface area contributed by atoms with Crippen LogP contribution in [-0.4, -0.2) is 25.3 Å².